The zero-order chi connectivity index (χ0) is 13.0. The third kappa shape index (κ3) is 3.86. The van der Waals surface area contributed by atoms with E-state index in [9.17, 15) is 0 Å². The van der Waals surface area contributed by atoms with E-state index in [2.05, 4.69) is 4.90 Å². The quantitative estimate of drug-likeness (QED) is 0.917. The summed E-state index contributed by atoms with van der Waals surface area (Å²) < 4.78 is 0. The summed E-state index contributed by atoms with van der Waals surface area (Å²) in [6.07, 6.45) is 3.70. The van der Waals surface area contributed by atoms with Crippen molar-refractivity contribution in [3.05, 3.63) is 33.8 Å². The lowest BCUT2D eigenvalue weighted by Gasteiger charge is -2.32. The average Bonchev–Trinajstić information content (AvgIpc) is 2.34. The van der Waals surface area contributed by atoms with Crippen LogP contribution < -0.4 is 5.73 Å². The largest absolute Gasteiger partial charge is 0.330 e. The molecule has 100 valence electrons. The van der Waals surface area contributed by atoms with Crippen molar-refractivity contribution in [2.75, 3.05) is 19.6 Å². The maximum absolute atomic E-state index is 6.22. The Bertz CT molecular complexity index is 393. The van der Waals surface area contributed by atoms with E-state index in [-0.39, 0.29) is 0 Å². The fourth-order valence-corrected chi connectivity index (χ4v) is 3.13. The molecule has 4 heteroatoms. The van der Waals surface area contributed by atoms with Crippen LogP contribution in [0.1, 0.15) is 24.8 Å². The van der Waals surface area contributed by atoms with Gasteiger partial charge >= 0.3 is 0 Å². The summed E-state index contributed by atoms with van der Waals surface area (Å²) in [4.78, 5) is 2.47. The molecule has 0 radical (unpaired) electrons. The van der Waals surface area contributed by atoms with Gasteiger partial charge in [0.1, 0.15) is 0 Å². The van der Waals surface area contributed by atoms with Crippen molar-refractivity contribution >= 4 is 23.2 Å². The van der Waals surface area contributed by atoms with Crippen LogP contribution in [-0.2, 0) is 6.54 Å². The summed E-state index contributed by atoms with van der Waals surface area (Å²) in [6, 6.07) is 5.75. The Morgan fingerprint density at radius 1 is 1.33 bits per heavy atom. The van der Waals surface area contributed by atoms with Gasteiger partial charge in [0.15, 0.2) is 0 Å². The standard InChI is InChI=1S/C14H20Cl2N2/c15-13-4-3-12(14(16)8-13)10-18-7-1-2-11(9-18)5-6-17/h3-4,8,11H,1-2,5-7,9-10,17H2. The molecule has 2 nitrogen and oxygen atoms in total. The molecule has 0 spiro atoms. The van der Waals surface area contributed by atoms with E-state index in [1.165, 1.54) is 12.8 Å². The van der Waals surface area contributed by atoms with Crippen molar-refractivity contribution in [1.29, 1.82) is 0 Å². The monoisotopic (exact) mass is 286 g/mol. The lowest BCUT2D eigenvalue weighted by Crippen LogP contribution is -2.35. The van der Waals surface area contributed by atoms with Crippen LogP contribution in [0.4, 0.5) is 0 Å². The normalized spacial score (nSPS) is 21.2. The van der Waals surface area contributed by atoms with Crippen LogP contribution in [0, 0.1) is 5.92 Å². The number of halogens is 2. The summed E-state index contributed by atoms with van der Waals surface area (Å²) in [6.45, 7) is 3.99. The highest BCUT2D eigenvalue weighted by Crippen LogP contribution is 2.25. The lowest BCUT2D eigenvalue weighted by molar-refractivity contribution is 0.163. The number of likely N-dealkylation sites (tertiary alicyclic amines) is 1. The smallest absolute Gasteiger partial charge is 0.0465 e. The third-order valence-electron chi connectivity index (χ3n) is 3.59. The average molecular weight is 287 g/mol. The number of nitrogens with two attached hydrogens (primary N) is 1. The molecule has 0 saturated carbocycles. The molecule has 18 heavy (non-hydrogen) atoms. The minimum absolute atomic E-state index is 0.698. The highest BCUT2D eigenvalue weighted by molar-refractivity contribution is 6.35. The van der Waals surface area contributed by atoms with Gasteiger partial charge in [0, 0.05) is 23.1 Å². The minimum Gasteiger partial charge on any atom is -0.330 e. The molecule has 1 heterocycles. The van der Waals surface area contributed by atoms with Crippen LogP contribution in [-0.4, -0.2) is 24.5 Å². The molecule has 1 fully saturated rings. The zero-order valence-electron chi connectivity index (χ0n) is 10.5. The molecule has 1 aliphatic rings. The molecule has 0 amide bonds. The highest BCUT2D eigenvalue weighted by Gasteiger charge is 2.19. The first-order chi connectivity index (χ1) is 8.69. The number of hydrogen-bond donors (Lipinski definition) is 1. The summed E-state index contributed by atoms with van der Waals surface area (Å²) in [5, 5.41) is 1.46. The van der Waals surface area contributed by atoms with E-state index < -0.39 is 0 Å². The summed E-state index contributed by atoms with van der Waals surface area (Å²) >= 11 is 12.1. The molecule has 1 atom stereocenters. The van der Waals surface area contributed by atoms with Crippen molar-refractivity contribution in [2.24, 2.45) is 11.7 Å². The van der Waals surface area contributed by atoms with E-state index in [4.69, 9.17) is 28.9 Å². The van der Waals surface area contributed by atoms with Crippen LogP contribution in [0.2, 0.25) is 10.0 Å². The Kier molecular flexibility index (Phi) is 5.31. The second-order valence-corrected chi connectivity index (χ2v) is 5.90. The van der Waals surface area contributed by atoms with Crippen LogP contribution in [0.15, 0.2) is 18.2 Å². The van der Waals surface area contributed by atoms with Gasteiger partial charge in [0.2, 0.25) is 0 Å². The van der Waals surface area contributed by atoms with Gasteiger partial charge in [-0.3, -0.25) is 4.90 Å². The van der Waals surface area contributed by atoms with Crippen molar-refractivity contribution in [1.82, 2.24) is 4.90 Å². The van der Waals surface area contributed by atoms with Gasteiger partial charge < -0.3 is 5.73 Å². The minimum atomic E-state index is 0.698. The maximum Gasteiger partial charge on any atom is 0.0465 e. The number of piperidine rings is 1. The fourth-order valence-electron chi connectivity index (χ4n) is 2.66. The Balaban J connectivity index is 1.96. The van der Waals surface area contributed by atoms with Crippen LogP contribution in [0.3, 0.4) is 0 Å². The number of hydrogen-bond acceptors (Lipinski definition) is 2. The second kappa shape index (κ2) is 6.76. The zero-order valence-corrected chi connectivity index (χ0v) is 12.1. The molecule has 0 bridgehead atoms. The molecule has 0 aliphatic carbocycles. The molecule has 1 aliphatic heterocycles. The van der Waals surface area contributed by atoms with Crippen molar-refractivity contribution in [3.63, 3.8) is 0 Å². The van der Waals surface area contributed by atoms with Gasteiger partial charge in [0.25, 0.3) is 0 Å². The molecule has 2 rings (SSSR count). The molecule has 0 aromatic heterocycles. The Hall–Kier alpha value is -0.280. The molecule has 1 unspecified atom stereocenters. The number of nitrogens with zero attached hydrogens (tertiary/aromatic N) is 1. The molecule has 1 saturated heterocycles. The van der Waals surface area contributed by atoms with Gasteiger partial charge in [-0.2, -0.15) is 0 Å². The predicted molar refractivity (Wildman–Crippen MR) is 78.1 cm³/mol. The SMILES string of the molecule is NCCC1CCCN(Cc2ccc(Cl)cc2Cl)C1. The Labute approximate surface area is 119 Å². The van der Waals surface area contributed by atoms with E-state index in [1.807, 2.05) is 18.2 Å². The van der Waals surface area contributed by atoms with Gasteiger partial charge in [-0.15, -0.1) is 0 Å². The summed E-state index contributed by atoms with van der Waals surface area (Å²) in [5.41, 5.74) is 6.81. The highest BCUT2D eigenvalue weighted by atomic mass is 35.5. The van der Waals surface area contributed by atoms with Gasteiger partial charge in [-0.25, -0.2) is 0 Å². The molecule has 2 N–H and O–H groups in total. The predicted octanol–water partition coefficient (Wildman–Crippen LogP) is 3.55. The van der Waals surface area contributed by atoms with Gasteiger partial charge in [-0.05, 0) is 56.0 Å². The number of benzene rings is 1. The lowest BCUT2D eigenvalue weighted by atomic mass is 9.94. The molecular formula is C14H20Cl2N2. The van der Waals surface area contributed by atoms with Crippen LogP contribution in [0.25, 0.3) is 0 Å². The third-order valence-corrected chi connectivity index (χ3v) is 4.17. The van der Waals surface area contributed by atoms with Crippen molar-refractivity contribution < 1.29 is 0 Å². The Morgan fingerprint density at radius 3 is 2.89 bits per heavy atom. The topological polar surface area (TPSA) is 29.3 Å². The molecule has 1 aromatic carbocycles. The first-order valence-electron chi connectivity index (χ1n) is 6.55. The Morgan fingerprint density at radius 2 is 2.17 bits per heavy atom. The fraction of sp³-hybridized carbons (Fsp3) is 0.571. The van der Waals surface area contributed by atoms with Crippen molar-refractivity contribution in [3.8, 4) is 0 Å². The van der Waals surface area contributed by atoms with Crippen molar-refractivity contribution in [2.45, 2.75) is 25.8 Å². The maximum atomic E-state index is 6.22. The van der Waals surface area contributed by atoms with Gasteiger partial charge in [0.05, 0.1) is 0 Å². The second-order valence-electron chi connectivity index (χ2n) is 5.06. The van der Waals surface area contributed by atoms with E-state index in [0.29, 0.717) is 5.02 Å². The molecular weight excluding hydrogens is 267 g/mol. The van der Waals surface area contributed by atoms with Gasteiger partial charge in [-0.1, -0.05) is 29.3 Å². The summed E-state index contributed by atoms with van der Waals surface area (Å²) in [5.74, 6) is 0.745. The van der Waals surface area contributed by atoms with Crippen LogP contribution in [0.5, 0.6) is 0 Å². The van der Waals surface area contributed by atoms with E-state index in [1.54, 1.807) is 0 Å². The molecule has 1 aromatic rings. The summed E-state index contributed by atoms with van der Waals surface area (Å²) in [7, 11) is 0. The van der Waals surface area contributed by atoms with Crippen LogP contribution >= 0.6 is 23.2 Å². The first kappa shape index (κ1) is 14.1. The van der Waals surface area contributed by atoms with E-state index in [0.717, 1.165) is 49.1 Å². The van der Waals surface area contributed by atoms with E-state index >= 15 is 0 Å². The first-order valence-corrected chi connectivity index (χ1v) is 7.31. The number of rotatable bonds is 4.